The van der Waals surface area contributed by atoms with Crippen molar-refractivity contribution in [3.63, 3.8) is 0 Å². The zero-order chi connectivity index (χ0) is 41.2. The lowest BCUT2D eigenvalue weighted by Crippen LogP contribution is -2.69. The standard InChI is InChI=1S/C24H26N2O4.C23H26N2O2.CH4/c1-4-16-30-23(29)24(3)22(28)26(21(27)20-12-10-18(2)11-13-20)15-14-25(24)17-19-8-6-5-7-9-19;1-4-14-23(3)22(27)25(21(26)20-12-10-18(2)11-13-20)16-15-24(23)17-19-8-6-5-7-9-19;/h4-13H,1,14-17H2,2-3H3;4-13H,1,14-17H2,2-3H3;1H4/t;23-;/m.0./s1. The van der Waals surface area contributed by atoms with E-state index in [9.17, 15) is 24.0 Å². The molecule has 2 saturated heterocycles. The number of nitrogens with zero attached hydrogens (tertiary/aromatic N) is 4. The van der Waals surface area contributed by atoms with Crippen LogP contribution in [0.3, 0.4) is 0 Å². The lowest BCUT2D eigenvalue weighted by molar-refractivity contribution is -0.169. The number of carbonyl (C=O) groups is 5. The van der Waals surface area contributed by atoms with Crippen LogP contribution in [0, 0.1) is 13.8 Å². The van der Waals surface area contributed by atoms with Gasteiger partial charge >= 0.3 is 5.97 Å². The summed E-state index contributed by atoms with van der Waals surface area (Å²) >= 11 is 0. The summed E-state index contributed by atoms with van der Waals surface area (Å²) in [7, 11) is 0. The molecule has 2 atom stereocenters. The Labute approximate surface area is 343 Å². The number of esters is 1. The molecule has 4 amide bonds. The van der Waals surface area contributed by atoms with Crippen LogP contribution in [-0.2, 0) is 32.2 Å². The van der Waals surface area contributed by atoms with Crippen molar-refractivity contribution in [1.29, 1.82) is 0 Å². The van der Waals surface area contributed by atoms with Gasteiger partial charge in [0.05, 0.1) is 0 Å². The molecule has 0 saturated carbocycles. The first kappa shape index (κ1) is 44.7. The molecule has 0 N–H and O–H groups in total. The number of rotatable bonds is 11. The number of amides is 4. The van der Waals surface area contributed by atoms with E-state index in [-0.39, 0.29) is 32.4 Å². The molecular weight excluding hydrogens is 729 g/mol. The maximum atomic E-state index is 13.5. The molecule has 0 bridgehead atoms. The fourth-order valence-electron chi connectivity index (χ4n) is 7.12. The van der Waals surface area contributed by atoms with Crippen molar-refractivity contribution in [2.75, 3.05) is 32.8 Å². The molecule has 0 radical (unpaired) electrons. The second-order valence-corrected chi connectivity index (χ2v) is 14.8. The summed E-state index contributed by atoms with van der Waals surface area (Å²) in [5.41, 5.74) is 2.78. The Morgan fingerprint density at radius 3 is 1.50 bits per heavy atom. The normalized spacial score (nSPS) is 19.6. The van der Waals surface area contributed by atoms with E-state index in [1.54, 1.807) is 35.2 Å². The van der Waals surface area contributed by atoms with Crippen LogP contribution in [0.1, 0.15) is 70.7 Å². The Balaban J connectivity index is 0.000000254. The largest absolute Gasteiger partial charge is 0.460 e. The van der Waals surface area contributed by atoms with Gasteiger partial charge in [0.15, 0.2) is 5.54 Å². The number of hydrogen-bond donors (Lipinski definition) is 0. The van der Waals surface area contributed by atoms with Gasteiger partial charge in [0.25, 0.3) is 17.7 Å². The van der Waals surface area contributed by atoms with Gasteiger partial charge in [0.2, 0.25) is 5.91 Å². The Morgan fingerprint density at radius 1 is 0.621 bits per heavy atom. The van der Waals surface area contributed by atoms with Crippen molar-refractivity contribution in [1.82, 2.24) is 19.6 Å². The molecular formula is C48H56N4O6. The fourth-order valence-corrected chi connectivity index (χ4v) is 7.12. The van der Waals surface area contributed by atoms with Gasteiger partial charge < -0.3 is 4.74 Å². The minimum atomic E-state index is -1.61. The highest BCUT2D eigenvalue weighted by atomic mass is 16.5. The Morgan fingerprint density at radius 2 is 1.05 bits per heavy atom. The molecule has 10 heteroatoms. The van der Waals surface area contributed by atoms with Gasteiger partial charge in [-0.25, -0.2) is 4.79 Å². The van der Waals surface area contributed by atoms with E-state index in [1.807, 2.05) is 93.6 Å². The fraction of sp³-hybridized carbons (Fsp3) is 0.312. The number of benzene rings is 4. The topological polar surface area (TPSA) is 108 Å². The summed E-state index contributed by atoms with van der Waals surface area (Å²) in [5.74, 6) is -2.07. The summed E-state index contributed by atoms with van der Waals surface area (Å²) in [6, 6.07) is 34.1. The van der Waals surface area contributed by atoms with Gasteiger partial charge in [-0.05, 0) is 69.5 Å². The van der Waals surface area contributed by atoms with Gasteiger partial charge in [0.1, 0.15) is 12.1 Å². The highest BCUT2D eigenvalue weighted by molar-refractivity contribution is 6.15. The van der Waals surface area contributed by atoms with E-state index >= 15 is 0 Å². The van der Waals surface area contributed by atoms with Crippen molar-refractivity contribution in [3.05, 3.63) is 168 Å². The summed E-state index contributed by atoms with van der Waals surface area (Å²) in [4.78, 5) is 72.2. The maximum absolute atomic E-state index is 13.5. The highest BCUT2D eigenvalue weighted by Gasteiger charge is 2.54. The molecule has 1 unspecified atom stereocenters. The predicted octanol–water partition coefficient (Wildman–Crippen LogP) is 7.42. The maximum Gasteiger partial charge on any atom is 0.336 e. The third-order valence-corrected chi connectivity index (χ3v) is 10.7. The molecule has 304 valence electrons. The zero-order valence-corrected chi connectivity index (χ0v) is 33.4. The van der Waals surface area contributed by atoms with Gasteiger partial charge in [-0.1, -0.05) is 122 Å². The summed E-state index contributed by atoms with van der Waals surface area (Å²) in [6.45, 7) is 17.4. The first-order valence-electron chi connectivity index (χ1n) is 19.2. The zero-order valence-electron chi connectivity index (χ0n) is 33.4. The first-order valence-corrected chi connectivity index (χ1v) is 19.2. The van der Waals surface area contributed by atoms with Gasteiger partial charge in [-0.3, -0.25) is 38.8 Å². The van der Waals surface area contributed by atoms with Gasteiger partial charge in [-0.2, -0.15) is 0 Å². The van der Waals surface area contributed by atoms with Crippen LogP contribution in [0.5, 0.6) is 0 Å². The van der Waals surface area contributed by atoms with E-state index in [4.69, 9.17) is 4.74 Å². The van der Waals surface area contributed by atoms with Crippen LogP contribution in [0.15, 0.2) is 135 Å². The molecule has 2 fully saturated rings. The molecule has 0 spiro atoms. The molecule has 10 nitrogen and oxygen atoms in total. The average molecular weight is 785 g/mol. The number of ether oxygens (including phenoxy) is 1. The molecule has 2 heterocycles. The Kier molecular flexibility index (Phi) is 15.4. The molecule has 4 aromatic carbocycles. The van der Waals surface area contributed by atoms with Crippen molar-refractivity contribution >= 4 is 29.6 Å². The average Bonchev–Trinajstić information content (AvgIpc) is 3.22. The Bertz CT molecular complexity index is 2070. The highest BCUT2D eigenvalue weighted by Crippen LogP contribution is 2.31. The number of piperazine rings is 2. The monoisotopic (exact) mass is 784 g/mol. The van der Waals surface area contributed by atoms with Crippen LogP contribution in [0.25, 0.3) is 0 Å². The van der Waals surface area contributed by atoms with Crippen LogP contribution < -0.4 is 0 Å². The molecule has 0 aromatic heterocycles. The Hall–Kier alpha value is -5.97. The van der Waals surface area contributed by atoms with Crippen LogP contribution in [-0.4, -0.2) is 93.1 Å². The quantitative estimate of drug-likeness (QED) is 0.0670. The lowest BCUT2D eigenvalue weighted by Gasteiger charge is -2.46. The third kappa shape index (κ3) is 9.93. The van der Waals surface area contributed by atoms with Crippen LogP contribution in [0.4, 0.5) is 0 Å². The number of aryl methyl sites for hydroxylation is 2. The molecule has 58 heavy (non-hydrogen) atoms. The molecule has 6 rings (SSSR count). The van der Waals surface area contributed by atoms with E-state index in [2.05, 4.69) is 30.2 Å². The van der Waals surface area contributed by atoms with E-state index < -0.39 is 28.9 Å². The molecule has 2 aliphatic heterocycles. The number of hydrogen-bond acceptors (Lipinski definition) is 8. The van der Waals surface area contributed by atoms with Crippen molar-refractivity contribution in [2.24, 2.45) is 0 Å². The summed E-state index contributed by atoms with van der Waals surface area (Å²) in [5, 5.41) is 0. The van der Waals surface area contributed by atoms with E-state index in [0.717, 1.165) is 27.2 Å². The third-order valence-electron chi connectivity index (χ3n) is 10.7. The second kappa shape index (κ2) is 19.9. The number of carbonyl (C=O) groups excluding carboxylic acids is 5. The lowest BCUT2D eigenvalue weighted by atomic mass is 9.90. The molecule has 4 aromatic rings. The van der Waals surface area contributed by atoms with Gasteiger partial charge in [-0.15, -0.1) is 6.58 Å². The first-order chi connectivity index (χ1) is 27.3. The summed E-state index contributed by atoms with van der Waals surface area (Å²) < 4.78 is 5.26. The van der Waals surface area contributed by atoms with Crippen molar-refractivity contribution < 1.29 is 28.7 Å². The minimum absolute atomic E-state index is 0. The number of imide groups is 2. The van der Waals surface area contributed by atoms with Crippen molar-refractivity contribution in [3.8, 4) is 0 Å². The van der Waals surface area contributed by atoms with Gasteiger partial charge in [0, 0.05) is 50.4 Å². The SMILES string of the molecule is C.C=CCOC(=O)C1(C)C(=O)N(C(=O)c2ccc(C)cc2)CCN1Cc1ccccc1.C=CC[C@@]1(C)C(=O)N(C(=O)c2ccc(C)cc2)CCN1Cc1ccccc1. The predicted molar refractivity (Wildman–Crippen MR) is 228 cm³/mol. The minimum Gasteiger partial charge on any atom is -0.460 e. The van der Waals surface area contributed by atoms with Crippen molar-refractivity contribution in [2.45, 2.75) is 65.7 Å². The van der Waals surface area contributed by atoms with Crippen LogP contribution in [0.2, 0.25) is 0 Å². The molecule has 0 aliphatic carbocycles. The van der Waals surface area contributed by atoms with E-state index in [1.165, 1.54) is 17.9 Å². The van der Waals surface area contributed by atoms with Crippen LogP contribution >= 0.6 is 0 Å². The summed E-state index contributed by atoms with van der Waals surface area (Å²) in [6.07, 6.45) is 3.71. The van der Waals surface area contributed by atoms with E-state index in [0.29, 0.717) is 50.3 Å². The molecule has 2 aliphatic rings. The smallest absolute Gasteiger partial charge is 0.336 e. The second-order valence-electron chi connectivity index (χ2n) is 14.8.